The molecule has 106 valence electrons. The maximum absolute atomic E-state index is 11.9. The Hall–Kier alpha value is -1.71. The second-order valence-electron chi connectivity index (χ2n) is 4.98. The summed E-state index contributed by atoms with van der Waals surface area (Å²) >= 11 is 0. The molecule has 0 unspecified atom stereocenters. The Morgan fingerprint density at radius 3 is 2.37 bits per heavy atom. The Bertz CT molecular complexity index is 418. The first-order valence-electron chi connectivity index (χ1n) is 6.55. The van der Waals surface area contributed by atoms with Crippen molar-refractivity contribution >= 4 is 5.91 Å². The van der Waals surface area contributed by atoms with Crippen molar-refractivity contribution in [3.8, 4) is 11.5 Å². The third kappa shape index (κ3) is 4.81. The Morgan fingerprint density at radius 2 is 1.79 bits per heavy atom. The van der Waals surface area contributed by atoms with Gasteiger partial charge in [0.1, 0.15) is 11.5 Å². The van der Waals surface area contributed by atoms with Crippen LogP contribution in [0, 0.1) is 5.92 Å². The van der Waals surface area contributed by atoms with E-state index in [0.29, 0.717) is 17.4 Å². The molecule has 0 heterocycles. The highest BCUT2D eigenvalue weighted by Crippen LogP contribution is 2.20. The van der Waals surface area contributed by atoms with Gasteiger partial charge in [-0.25, -0.2) is 0 Å². The predicted molar refractivity (Wildman–Crippen MR) is 75.5 cm³/mol. The van der Waals surface area contributed by atoms with Gasteiger partial charge in [0.05, 0.1) is 7.11 Å². The third-order valence-electron chi connectivity index (χ3n) is 3.09. The number of nitrogens with one attached hydrogen (secondary N) is 1. The standard InChI is InChI=1S/C15H23NO3/c1-10(2)11(3)16-15(17)12(4)19-14-8-6-7-13(9-14)18-5/h6-12H,1-5H3,(H,16,17)/t11-,12-/m0/s1. The fourth-order valence-electron chi connectivity index (χ4n) is 1.44. The van der Waals surface area contributed by atoms with E-state index < -0.39 is 6.10 Å². The van der Waals surface area contributed by atoms with E-state index >= 15 is 0 Å². The minimum atomic E-state index is -0.534. The summed E-state index contributed by atoms with van der Waals surface area (Å²) in [5, 5.41) is 2.93. The Labute approximate surface area is 115 Å². The monoisotopic (exact) mass is 265 g/mol. The van der Waals surface area contributed by atoms with E-state index in [-0.39, 0.29) is 11.9 Å². The molecule has 0 bridgehead atoms. The quantitative estimate of drug-likeness (QED) is 0.860. The molecule has 0 radical (unpaired) electrons. The summed E-state index contributed by atoms with van der Waals surface area (Å²) in [6.45, 7) is 7.86. The lowest BCUT2D eigenvalue weighted by Gasteiger charge is -2.21. The number of carbonyl (C=O) groups excluding carboxylic acids is 1. The Morgan fingerprint density at radius 1 is 1.16 bits per heavy atom. The fourth-order valence-corrected chi connectivity index (χ4v) is 1.44. The molecule has 1 amide bonds. The number of amides is 1. The normalized spacial score (nSPS) is 13.8. The van der Waals surface area contributed by atoms with Crippen LogP contribution in [0.25, 0.3) is 0 Å². The molecule has 0 spiro atoms. The molecule has 1 N–H and O–H groups in total. The van der Waals surface area contributed by atoms with Crippen LogP contribution in [0.15, 0.2) is 24.3 Å². The second-order valence-corrected chi connectivity index (χ2v) is 4.98. The predicted octanol–water partition coefficient (Wildman–Crippen LogP) is 2.62. The number of ether oxygens (including phenoxy) is 2. The van der Waals surface area contributed by atoms with E-state index in [9.17, 15) is 4.79 Å². The molecular weight excluding hydrogens is 242 g/mol. The molecule has 4 nitrogen and oxygen atoms in total. The zero-order chi connectivity index (χ0) is 14.4. The van der Waals surface area contributed by atoms with Gasteiger partial charge < -0.3 is 14.8 Å². The van der Waals surface area contributed by atoms with Gasteiger partial charge in [0, 0.05) is 12.1 Å². The zero-order valence-electron chi connectivity index (χ0n) is 12.3. The molecule has 0 aliphatic carbocycles. The highest BCUT2D eigenvalue weighted by Gasteiger charge is 2.18. The van der Waals surface area contributed by atoms with Crippen LogP contribution < -0.4 is 14.8 Å². The third-order valence-corrected chi connectivity index (χ3v) is 3.09. The van der Waals surface area contributed by atoms with Crippen molar-refractivity contribution in [2.45, 2.75) is 39.8 Å². The summed E-state index contributed by atoms with van der Waals surface area (Å²) < 4.78 is 10.7. The molecule has 2 atom stereocenters. The van der Waals surface area contributed by atoms with E-state index in [1.54, 1.807) is 26.2 Å². The zero-order valence-corrected chi connectivity index (χ0v) is 12.3. The van der Waals surface area contributed by atoms with Crippen molar-refractivity contribution in [3.05, 3.63) is 24.3 Å². The lowest BCUT2D eigenvalue weighted by molar-refractivity contribution is -0.128. The number of methoxy groups -OCH3 is 1. The van der Waals surface area contributed by atoms with Crippen molar-refractivity contribution in [1.29, 1.82) is 0 Å². The highest BCUT2D eigenvalue weighted by molar-refractivity contribution is 5.81. The molecule has 1 aromatic carbocycles. The molecular formula is C15H23NO3. The number of hydrogen-bond donors (Lipinski definition) is 1. The van der Waals surface area contributed by atoms with Gasteiger partial charge in [0.2, 0.25) is 0 Å². The van der Waals surface area contributed by atoms with Gasteiger partial charge in [0.25, 0.3) is 5.91 Å². The van der Waals surface area contributed by atoms with Crippen LogP contribution in [0.1, 0.15) is 27.7 Å². The van der Waals surface area contributed by atoms with Crippen molar-refractivity contribution in [1.82, 2.24) is 5.32 Å². The van der Waals surface area contributed by atoms with Crippen LogP contribution in [-0.2, 0) is 4.79 Å². The molecule has 0 saturated heterocycles. The molecule has 0 aliphatic heterocycles. The van der Waals surface area contributed by atoms with Crippen molar-refractivity contribution in [2.24, 2.45) is 5.92 Å². The number of hydrogen-bond acceptors (Lipinski definition) is 3. The van der Waals surface area contributed by atoms with Crippen LogP contribution in [-0.4, -0.2) is 25.2 Å². The average molecular weight is 265 g/mol. The minimum absolute atomic E-state index is 0.107. The molecule has 19 heavy (non-hydrogen) atoms. The highest BCUT2D eigenvalue weighted by atomic mass is 16.5. The molecule has 1 aromatic rings. The largest absolute Gasteiger partial charge is 0.497 e. The fraction of sp³-hybridized carbons (Fsp3) is 0.533. The maximum Gasteiger partial charge on any atom is 0.260 e. The van der Waals surface area contributed by atoms with E-state index in [1.165, 1.54) is 0 Å². The van der Waals surface area contributed by atoms with Gasteiger partial charge in [-0.05, 0) is 31.9 Å². The number of benzene rings is 1. The average Bonchev–Trinajstić information content (AvgIpc) is 2.38. The first-order valence-corrected chi connectivity index (χ1v) is 6.55. The summed E-state index contributed by atoms with van der Waals surface area (Å²) in [5.41, 5.74) is 0. The number of rotatable bonds is 6. The van der Waals surface area contributed by atoms with Gasteiger partial charge in [-0.15, -0.1) is 0 Å². The summed E-state index contributed by atoms with van der Waals surface area (Å²) in [5.74, 6) is 1.62. The molecule has 0 fully saturated rings. The van der Waals surface area contributed by atoms with E-state index in [1.807, 2.05) is 19.1 Å². The molecule has 1 rings (SSSR count). The van der Waals surface area contributed by atoms with E-state index in [4.69, 9.17) is 9.47 Å². The van der Waals surface area contributed by atoms with Gasteiger partial charge in [-0.1, -0.05) is 19.9 Å². The van der Waals surface area contributed by atoms with E-state index in [2.05, 4.69) is 19.2 Å². The summed E-state index contributed by atoms with van der Waals surface area (Å²) in [4.78, 5) is 11.9. The molecule has 0 aromatic heterocycles. The van der Waals surface area contributed by atoms with Crippen molar-refractivity contribution in [3.63, 3.8) is 0 Å². The first-order chi connectivity index (χ1) is 8.93. The maximum atomic E-state index is 11.9. The summed E-state index contributed by atoms with van der Waals surface area (Å²) in [6, 6.07) is 7.35. The van der Waals surface area contributed by atoms with Crippen LogP contribution in [0.3, 0.4) is 0 Å². The number of carbonyl (C=O) groups is 1. The Kier molecular flexibility index (Phi) is 5.67. The van der Waals surface area contributed by atoms with Gasteiger partial charge in [-0.3, -0.25) is 4.79 Å². The van der Waals surface area contributed by atoms with Gasteiger partial charge in [-0.2, -0.15) is 0 Å². The molecule has 0 aliphatic rings. The lowest BCUT2D eigenvalue weighted by Crippen LogP contribution is -2.43. The minimum Gasteiger partial charge on any atom is -0.497 e. The Balaban J connectivity index is 2.58. The summed E-state index contributed by atoms with van der Waals surface area (Å²) in [7, 11) is 1.60. The topological polar surface area (TPSA) is 47.6 Å². The van der Waals surface area contributed by atoms with Crippen molar-refractivity contribution < 1.29 is 14.3 Å². The van der Waals surface area contributed by atoms with Crippen LogP contribution >= 0.6 is 0 Å². The van der Waals surface area contributed by atoms with Crippen molar-refractivity contribution in [2.75, 3.05) is 7.11 Å². The van der Waals surface area contributed by atoms with Crippen LogP contribution in [0.4, 0.5) is 0 Å². The second kappa shape index (κ2) is 7.02. The smallest absolute Gasteiger partial charge is 0.260 e. The summed E-state index contributed by atoms with van der Waals surface area (Å²) in [6.07, 6.45) is -0.534. The SMILES string of the molecule is COc1cccc(O[C@@H](C)C(=O)N[C@@H](C)C(C)C)c1. The molecule has 0 saturated carbocycles. The molecule has 4 heteroatoms. The first kappa shape index (κ1) is 15.3. The van der Waals surface area contributed by atoms with Crippen LogP contribution in [0.2, 0.25) is 0 Å². The van der Waals surface area contributed by atoms with E-state index in [0.717, 1.165) is 0 Å². The van der Waals surface area contributed by atoms with Crippen LogP contribution in [0.5, 0.6) is 11.5 Å². The van der Waals surface area contributed by atoms with Gasteiger partial charge in [0.15, 0.2) is 6.10 Å². The van der Waals surface area contributed by atoms with Gasteiger partial charge >= 0.3 is 0 Å². The lowest BCUT2D eigenvalue weighted by atomic mass is 10.1.